The van der Waals surface area contributed by atoms with Gasteiger partial charge in [-0.05, 0) is 36.6 Å². The van der Waals surface area contributed by atoms with Gasteiger partial charge in [0, 0.05) is 16.5 Å². The molecular formula is C21H18O4. The Hall–Kier alpha value is -3.14. The number of carbonyl (C=O) groups excluding carboxylic acids is 2. The van der Waals surface area contributed by atoms with E-state index in [0.717, 1.165) is 22.6 Å². The van der Waals surface area contributed by atoms with Crippen LogP contribution in [0.1, 0.15) is 33.2 Å². The van der Waals surface area contributed by atoms with Crippen molar-refractivity contribution in [2.45, 2.75) is 13.5 Å². The third-order valence-corrected chi connectivity index (χ3v) is 4.07. The highest BCUT2D eigenvalue weighted by atomic mass is 16.5. The summed E-state index contributed by atoms with van der Waals surface area (Å²) in [5, 5.41) is 1.87. The van der Waals surface area contributed by atoms with Gasteiger partial charge in [-0.25, -0.2) is 0 Å². The normalized spacial score (nSPS) is 10.5. The van der Waals surface area contributed by atoms with Crippen molar-refractivity contribution < 1.29 is 19.1 Å². The van der Waals surface area contributed by atoms with E-state index in [1.54, 1.807) is 31.4 Å². The van der Waals surface area contributed by atoms with Gasteiger partial charge in [0.2, 0.25) is 0 Å². The number of aldehydes is 1. The van der Waals surface area contributed by atoms with Crippen LogP contribution in [-0.4, -0.2) is 19.2 Å². The van der Waals surface area contributed by atoms with Gasteiger partial charge >= 0.3 is 0 Å². The van der Waals surface area contributed by atoms with Gasteiger partial charge in [-0.2, -0.15) is 0 Å². The number of rotatable bonds is 6. The number of carbonyl (C=O) groups is 2. The van der Waals surface area contributed by atoms with E-state index < -0.39 is 0 Å². The third kappa shape index (κ3) is 3.38. The molecule has 0 spiro atoms. The van der Waals surface area contributed by atoms with Gasteiger partial charge in [0.05, 0.1) is 12.7 Å². The number of fused-ring (bicyclic) bond motifs is 1. The SMILES string of the molecule is COc1ccc(C=O)cc1COc1c(C(C)=O)ccc2ccccc12. The molecular weight excluding hydrogens is 316 g/mol. The molecule has 25 heavy (non-hydrogen) atoms. The van der Waals surface area contributed by atoms with Crippen molar-refractivity contribution in [1.82, 2.24) is 0 Å². The smallest absolute Gasteiger partial charge is 0.163 e. The lowest BCUT2D eigenvalue weighted by molar-refractivity contribution is 0.101. The van der Waals surface area contributed by atoms with Crippen LogP contribution in [0.5, 0.6) is 11.5 Å². The highest BCUT2D eigenvalue weighted by Crippen LogP contribution is 2.32. The molecule has 0 aliphatic heterocycles. The Morgan fingerprint density at radius 1 is 1.08 bits per heavy atom. The molecule has 0 saturated heterocycles. The summed E-state index contributed by atoms with van der Waals surface area (Å²) in [7, 11) is 1.57. The highest BCUT2D eigenvalue weighted by molar-refractivity contribution is 6.03. The summed E-state index contributed by atoms with van der Waals surface area (Å²) < 4.78 is 11.4. The summed E-state index contributed by atoms with van der Waals surface area (Å²) in [4.78, 5) is 23.0. The first-order valence-electron chi connectivity index (χ1n) is 7.91. The molecule has 0 aliphatic carbocycles. The van der Waals surface area contributed by atoms with Gasteiger partial charge in [0.15, 0.2) is 5.78 Å². The van der Waals surface area contributed by atoms with E-state index in [1.807, 2.05) is 30.3 Å². The van der Waals surface area contributed by atoms with Gasteiger partial charge in [-0.1, -0.05) is 30.3 Å². The van der Waals surface area contributed by atoms with Crippen molar-refractivity contribution in [3.05, 3.63) is 71.3 Å². The molecule has 3 aromatic carbocycles. The Bertz CT molecular complexity index is 944. The van der Waals surface area contributed by atoms with Crippen LogP contribution in [0.2, 0.25) is 0 Å². The molecule has 0 saturated carbocycles. The fourth-order valence-electron chi connectivity index (χ4n) is 2.81. The van der Waals surface area contributed by atoms with E-state index in [-0.39, 0.29) is 12.4 Å². The molecule has 0 fully saturated rings. The van der Waals surface area contributed by atoms with Crippen molar-refractivity contribution >= 4 is 22.8 Å². The van der Waals surface area contributed by atoms with Crippen molar-refractivity contribution in [3.63, 3.8) is 0 Å². The standard InChI is InChI=1S/C21H18O4/c1-14(23)18-9-8-16-5-3-4-6-19(16)21(18)25-13-17-11-15(12-22)7-10-20(17)24-2/h3-12H,13H2,1-2H3. The maximum absolute atomic E-state index is 12.0. The number of ketones is 1. The average Bonchev–Trinajstić information content (AvgIpc) is 2.65. The topological polar surface area (TPSA) is 52.6 Å². The van der Waals surface area contributed by atoms with Gasteiger partial charge in [-0.15, -0.1) is 0 Å². The number of ether oxygens (including phenoxy) is 2. The van der Waals surface area contributed by atoms with Crippen LogP contribution in [0.4, 0.5) is 0 Å². The Morgan fingerprint density at radius 2 is 1.88 bits per heavy atom. The Labute approximate surface area is 146 Å². The molecule has 0 aliphatic rings. The second-order valence-corrected chi connectivity index (χ2v) is 5.70. The Balaban J connectivity index is 2.02. The van der Waals surface area contributed by atoms with E-state index in [0.29, 0.717) is 22.6 Å². The molecule has 0 bridgehead atoms. The van der Waals surface area contributed by atoms with Crippen molar-refractivity contribution in [3.8, 4) is 11.5 Å². The number of hydrogen-bond acceptors (Lipinski definition) is 4. The summed E-state index contributed by atoms with van der Waals surface area (Å²) in [5.41, 5.74) is 1.82. The van der Waals surface area contributed by atoms with Crippen molar-refractivity contribution in [1.29, 1.82) is 0 Å². The van der Waals surface area contributed by atoms with E-state index in [1.165, 1.54) is 6.92 Å². The van der Waals surface area contributed by atoms with Gasteiger partial charge in [0.25, 0.3) is 0 Å². The lowest BCUT2D eigenvalue weighted by Gasteiger charge is -2.15. The number of hydrogen-bond donors (Lipinski definition) is 0. The van der Waals surface area contributed by atoms with Gasteiger partial charge < -0.3 is 9.47 Å². The molecule has 3 rings (SSSR count). The minimum Gasteiger partial charge on any atom is -0.496 e. The van der Waals surface area contributed by atoms with Gasteiger partial charge in [-0.3, -0.25) is 9.59 Å². The third-order valence-electron chi connectivity index (χ3n) is 4.07. The minimum absolute atomic E-state index is 0.0608. The zero-order valence-corrected chi connectivity index (χ0v) is 14.1. The molecule has 4 nitrogen and oxygen atoms in total. The summed E-state index contributed by atoms with van der Waals surface area (Å²) in [6, 6.07) is 16.6. The monoisotopic (exact) mass is 334 g/mol. The minimum atomic E-state index is -0.0608. The summed E-state index contributed by atoms with van der Waals surface area (Å²) in [6.07, 6.45) is 0.780. The number of methoxy groups -OCH3 is 1. The van der Waals surface area contributed by atoms with Crippen LogP contribution in [0.3, 0.4) is 0 Å². The van der Waals surface area contributed by atoms with Gasteiger partial charge in [0.1, 0.15) is 24.4 Å². The van der Waals surface area contributed by atoms with Crippen molar-refractivity contribution in [2.75, 3.05) is 7.11 Å². The highest BCUT2D eigenvalue weighted by Gasteiger charge is 2.14. The quantitative estimate of drug-likeness (QED) is 0.494. The van der Waals surface area contributed by atoms with Crippen LogP contribution in [0, 0.1) is 0 Å². The second kappa shape index (κ2) is 7.18. The molecule has 0 unspecified atom stereocenters. The van der Waals surface area contributed by atoms with E-state index in [2.05, 4.69) is 0 Å². The second-order valence-electron chi connectivity index (χ2n) is 5.70. The van der Waals surface area contributed by atoms with E-state index in [9.17, 15) is 9.59 Å². The molecule has 0 N–H and O–H groups in total. The summed E-state index contributed by atoms with van der Waals surface area (Å²) in [6.45, 7) is 1.71. The van der Waals surface area contributed by atoms with Crippen LogP contribution >= 0.6 is 0 Å². The molecule has 0 heterocycles. The maximum Gasteiger partial charge on any atom is 0.163 e. The summed E-state index contributed by atoms with van der Waals surface area (Å²) in [5.74, 6) is 1.12. The zero-order valence-electron chi connectivity index (χ0n) is 14.1. The molecule has 3 aromatic rings. The number of Topliss-reactive ketones (excluding diaryl/α,β-unsaturated/α-hetero) is 1. The number of benzene rings is 3. The predicted molar refractivity (Wildman–Crippen MR) is 96.7 cm³/mol. The van der Waals surface area contributed by atoms with E-state index in [4.69, 9.17) is 9.47 Å². The largest absolute Gasteiger partial charge is 0.496 e. The lowest BCUT2D eigenvalue weighted by atomic mass is 10.0. The Morgan fingerprint density at radius 3 is 2.60 bits per heavy atom. The first-order chi connectivity index (χ1) is 12.1. The molecule has 0 amide bonds. The van der Waals surface area contributed by atoms with Crippen LogP contribution < -0.4 is 9.47 Å². The molecule has 0 radical (unpaired) electrons. The fourth-order valence-corrected chi connectivity index (χ4v) is 2.81. The van der Waals surface area contributed by atoms with Crippen LogP contribution in [0.15, 0.2) is 54.6 Å². The first-order valence-corrected chi connectivity index (χ1v) is 7.91. The fraction of sp³-hybridized carbons (Fsp3) is 0.143. The lowest BCUT2D eigenvalue weighted by Crippen LogP contribution is -2.04. The molecule has 0 aromatic heterocycles. The predicted octanol–water partition coefficient (Wildman–Crippen LogP) is 4.44. The maximum atomic E-state index is 12.0. The van der Waals surface area contributed by atoms with Crippen LogP contribution in [-0.2, 0) is 6.61 Å². The first kappa shape index (κ1) is 16.7. The summed E-state index contributed by atoms with van der Waals surface area (Å²) >= 11 is 0. The van der Waals surface area contributed by atoms with Crippen LogP contribution in [0.25, 0.3) is 10.8 Å². The molecule has 126 valence electrons. The molecule has 4 heteroatoms. The van der Waals surface area contributed by atoms with Crippen molar-refractivity contribution in [2.24, 2.45) is 0 Å². The average molecular weight is 334 g/mol. The van der Waals surface area contributed by atoms with E-state index >= 15 is 0 Å². The zero-order chi connectivity index (χ0) is 17.8. The molecule has 0 atom stereocenters. The Kier molecular flexibility index (Phi) is 4.80.